The highest BCUT2D eigenvalue weighted by molar-refractivity contribution is 9.10. The van der Waals surface area contributed by atoms with Gasteiger partial charge in [0.05, 0.1) is 0 Å². The van der Waals surface area contributed by atoms with Crippen LogP contribution in [0.1, 0.15) is 32.6 Å². The second-order valence-electron chi connectivity index (χ2n) is 5.03. The minimum atomic E-state index is -0.0902. The largest absolute Gasteiger partial charge is 0.354 e. The van der Waals surface area contributed by atoms with Crippen LogP contribution in [0.4, 0.5) is 0 Å². The molecule has 6 nitrogen and oxygen atoms in total. The van der Waals surface area contributed by atoms with Crippen molar-refractivity contribution in [2.45, 2.75) is 39.2 Å². The number of amides is 1. The number of carbonyl (C=O) groups excluding carboxylic acids is 1. The average Bonchev–Trinajstić information content (AvgIpc) is 2.95. The molecule has 0 unspecified atom stereocenters. The van der Waals surface area contributed by atoms with Gasteiger partial charge in [0.15, 0.2) is 0 Å². The molecule has 0 atom stereocenters. The lowest BCUT2D eigenvalue weighted by Gasteiger charge is -2.03. The molecule has 0 saturated heterocycles. The molecule has 0 bridgehead atoms. The molecule has 0 aliphatic carbocycles. The molecule has 2 rings (SSSR count). The Morgan fingerprint density at radius 1 is 1.27 bits per heavy atom. The van der Waals surface area contributed by atoms with Gasteiger partial charge in [0, 0.05) is 16.6 Å². The number of unbranched alkanes of at least 4 members (excludes halogenated alkanes) is 3. The number of aromatic nitrogens is 4. The number of carbonyl (C=O) groups is 1. The third-order valence-electron chi connectivity index (χ3n) is 3.21. The maximum atomic E-state index is 11.8. The summed E-state index contributed by atoms with van der Waals surface area (Å²) in [7, 11) is 0. The zero-order valence-electron chi connectivity index (χ0n) is 12.6. The number of nitrogens with one attached hydrogen (secondary N) is 1. The third-order valence-corrected chi connectivity index (χ3v) is 3.90. The van der Waals surface area contributed by atoms with E-state index >= 15 is 0 Å². The van der Waals surface area contributed by atoms with Crippen LogP contribution in [0.15, 0.2) is 28.7 Å². The van der Waals surface area contributed by atoms with Crippen LogP contribution >= 0.6 is 15.9 Å². The van der Waals surface area contributed by atoms with Crippen LogP contribution < -0.4 is 5.32 Å². The number of tetrazole rings is 1. The van der Waals surface area contributed by atoms with Crippen LogP contribution in [0.2, 0.25) is 0 Å². The van der Waals surface area contributed by atoms with E-state index in [4.69, 9.17) is 0 Å². The molecule has 118 valence electrons. The Balaban J connectivity index is 1.84. The molecule has 1 amide bonds. The minimum Gasteiger partial charge on any atom is -0.354 e. The van der Waals surface area contributed by atoms with Gasteiger partial charge in [-0.25, -0.2) is 0 Å². The Hall–Kier alpha value is -1.76. The molecule has 1 heterocycles. The summed E-state index contributed by atoms with van der Waals surface area (Å²) in [5.41, 5.74) is 0.855. The zero-order chi connectivity index (χ0) is 15.8. The Morgan fingerprint density at radius 3 is 2.86 bits per heavy atom. The standard InChI is InChI=1S/C15H20BrN5O/c1-2-3-4-7-10-17-14(22)11-21-19-15(18-20-21)12-8-5-6-9-13(12)16/h5-6,8-9H,2-4,7,10-11H2,1H3,(H,17,22). The molecule has 2 aromatic rings. The summed E-state index contributed by atoms with van der Waals surface area (Å²) >= 11 is 3.45. The van der Waals surface area contributed by atoms with Crippen LogP contribution in [0.5, 0.6) is 0 Å². The smallest absolute Gasteiger partial charge is 0.243 e. The van der Waals surface area contributed by atoms with E-state index in [0.29, 0.717) is 12.4 Å². The number of halogens is 1. The van der Waals surface area contributed by atoms with Gasteiger partial charge in [-0.2, -0.15) is 4.80 Å². The Bertz CT molecular complexity index is 613. The molecule has 0 spiro atoms. The van der Waals surface area contributed by atoms with E-state index in [2.05, 4.69) is 43.6 Å². The summed E-state index contributed by atoms with van der Waals surface area (Å²) in [6, 6.07) is 7.64. The van der Waals surface area contributed by atoms with Crippen molar-refractivity contribution < 1.29 is 4.79 Å². The van der Waals surface area contributed by atoms with Crippen LogP contribution in [0.25, 0.3) is 11.4 Å². The van der Waals surface area contributed by atoms with Gasteiger partial charge in [0.1, 0.15) is 6.54 Å². The first-order valence-corrected chi connectivity index (χ1v) is 8.29. The lowest BCUT2D eigenvalue weighted by molar-refractivity contribution is -0.122. The van der Waals surface area contributed by atoms with E-state index in [-0.39, 0.29) is 12.5 Å². The monoisotopic (exact) mass is 365 g/mol. The van der Waals surface area contributed by atoms with Crippen LogP contribution in [0, 0.1) is 0 Å². The van der Waals surface area contributed by atoms with Crippen molar-refractivity contribution >= 4 is 21.8 Å². The maximum absolute atomic E-state index is 11.8. The first-order chi connectivity index (χ1) is 10.7. The third kappa shape index (κ3) is 4.91. The number of hydrogen-bond acceptors (Lipinski definition) is 4. The summed E-state index contributed by atoms with van der Waals surface area (Å²) in [5, 5.41) is 15.0. The molecule has 0 fully saturated rings. The second kappa shape index (κ2) is 8.63. The normalized spacial score (nSPS) is 10.6. The van der Waals surface area contributed by atoms with Crippen LogP contribution in [0.3, 0.4) is 0 Å². The van der Waals surface area contributed by atoms with Gasteiger partial charge in [-0.05, 0) is 23.8 Å². The zero-order valence-corrected chi connectivity index (χ0v) is 14.2. The molecule has 1 aromatic carbocycles. The molecular formula is C15H20BrN5O. The molecular weight excluding hydrogens is 346 g/mol. The summed E-state index contributed by atoms with van der Waals surface area (Å²) < 4.78 is 0.898. The van der Waals surface area contributed by atoms with Gasteiger partial charge in [-0.15, -0.1) is 10.2 Å². The molecule has 1 aromatic heterocycles. The summed E-state index contributed by atoms with van der Waals surface area (Å²) in [5.74, 6) is 0.413. The van der Waals surface area contributed by atoms with E-state index in [1.165, 1.54) is 17.6 Å². The topological polar surface area (TPSA) is 72.7 Å². The van der Waals surface area contributed by atoms with Crippen LogP contribution in [-0.2, 0) is 11.3 Å². The second-order valence-corrected chi connectivity index (χ2v) is 5.89. The average molecular weight is 366 g/mol. The summed E-state index contributed by atoms with van der Waals surface area (Å²) in [6.45, 7) is 2.95. The van der Waals surface area contributed by atoms with E-state index in [0.717, 1.165) is 22.9 Å². The summed E-state index contributed by atoms with van der Waals surface area (Å²) in [4.78, 5) is 13.1. The lowest BCUT2D eigenvalue weighted by Crippen LogP contribution is -2.29. The first-order valence-electron chi connectivity index (χ1n) is 7.50. The molecule has 7 heteroatoms. The first kappa shape index (κ1) is 16.6. The molecule has 0 aliphatic heterocycles. The molecule has 22 heavy (non-hydrogen) atoms. The number of hydrogen-bond donors (Lipinski definition) is 1. The predicted octanol–water partition coefficient (Wildman–Crippen LogP) is 2.80. The lowest BCUT2D eigenvalue weighted by atomic mass is 10.2. The number of nitrogens with zero attached hydrogens (tertiary/aromatic N) is 4. The fourth-order valence-electron chi connectivity index (χ4n) is 2.02. The van der Waals surface area contributed by atoms with Gasteiger partial charge in [-0.1, -0.05) is 54.2 Å². The molecule has 0 saturated carbocycles. The van der Waals surface area contributed by atoms with E-state index in [1.807, 2.05) is 24.3 Å². The molecule has 1 N–H and O–H groups in total. The van der Waals surface area contributed by atoms with Crippen molar-refractivity contribution in [3.8, 4) is 11.4 Å². The highest BCUT2D eigenvalue weighted by Gasteiger charge is 2.10. The molecule has 0 aliphatic rings. The van der Waals surface area contributed by atoms with Crippen molar-refractivity contribution in [3.63, 3.8) is 0 Å². The SMILES string of the molecule is CCCCCCNC(=O)Cn1nnc(-c2ccccc2Br)n1. The maximum Gasteiger partial charge on any atom is 0.243 e. The van der Waals surface area contributed by atoms with E-state index in [1.54, 1.807) is 0 Å². The van der Waals surface area contributed by atoms with Gasteiger partial charge >= 0.3 is 0 Å². The summed E-state index contributed by atoms with van der Waals surface area (Å²) in [6.07, 6.45) is 4.54. The predicted molar refractivity (Wildman–Crippen MR) is 88.1 cm³/mol. The Labute approximate surface area is 138 Å². The minimum absolute atomic E-state index is 0.0885. The van der Waals surface area contributed by atoms with Crippen molar-refractivity contribution in [1.29, 1.82) is 0 Å². The van der Waals surface area contributed by atoms with Gasteiger partial charge in [-0.3, -0.25) is 4.79 Å². The van der Waals surface area contributed by atoms with Crippen LogP contribution in [-0.4, -0.2) is 32.7 Å². The number of benzene rings is 1. The van der Waals surface area contributed by atoms with Crippen molar-refractivity contribution in [2.24, 2.45) is 0 Å². The molecule has 0 radical (unpaired) electrons. The fraction of sp³-hybridized carbons (Fsp3) is 0.467. The van der Waals surface area contributed by atoms with Crippen molar-refractivity contribution in [2.75, 3.05) is 6.54 Å². The quantitative estimate of drug-likeness (QED) is 0.730. The van der Waals surface area contributed by atoms with Gasteiger partial charge < -0.3 is 5.32 Å². The Kier molecular flexibility index (Phi) is 6.51. The Morgan fingerprint density at radius 2 is 2.09 bits per heavy atom. The fourth-order valence-corrected chi connectivity index (χ4v) is 2.49. The van der Waals surface area contributed by atoms with E-state index in [9.17, 15) is 4.79 Å². The van der Waals surface area contributed by atoms with E-state index < -0.39 is 0 Å². The number of rotatable bonds is 8. The highest BCUT2D eigenvalue weighted by atomic mass is 79.9. The van der Waals surface area contributed by atoms with Crippen molar-refractivity contribution in [3.05, 3.63) is 28.7 Å². The van der Waals surface area contributed by atoms with Gasteiger partial charge in [0.2, 0.25) is 11.7 Å². The van der Waals surface area contributed by atoms with Crippen molar-refractivity contribution in [1.82, 2.24) is 25.5 Å². The highest BCUT2D eigenvalue weighted by Crippen LogP contribution is 2.24. The van der Waals surface area contributed by atoms with Gasteiger partial charge in [0.25, 0.3) is 0 Å².